The molecule has 0 fully saturated rings. The van der Waals surface area contributed by atoms with Crippen molar-refractivity contribution < 1.29 is 0 Å². The molecule has 0 saturated carbocycles. The smallest absolute Gasteiger partial charge is 0.0464 e. The van der Waals surface area contributed by atoms with Gasteiger partial charge in [-0.05, 0) is 46.5 Å². The molecule has 0 saturated heterocycles. The van der Waals surface area contributed by atoms with Gasteiger partial charge in [0.15, 0.2) is 0 Å². The van der Waals surface area contributed by atoms with Gasteiger partial charge < -0.3 is 5.32 Å². The van der Waals surface area contributed by atoms with Crippen LogP contribution in [-0.2, 0) is 0 Å². The zero-order valence-corrected chi connectivity index (χ0v) is 11.6. The van der Waals surface area contributed by atoms with Crippen molar-refractivity contribution in [2.45, 2.75) is 0 Å². The fourth-order valence-corrected chi connectivity index (χ4v) is 2.75. The summed E-state index contributed by atoms with van der Waals surface area (Å²) in [5, 5.41) is 8.57. The molecule has 4 rings (SSSR count). The van der Waals surface area contributed by atoms with E-state index in [9.17, 15) is 0 Å². The summed E-state index contributed by atoms with van der Waals surface area (Å²) in [5.41, 5.74) is 2.25. The first-order valence-electron chi connectivity index (χ1n) is 7.14. The van der Waals surface area contributed by atoms with Crippen LogP contribution < -0.4 is 5.32 Å². The number of hydrogen-bond donors (Lipinski definition) is 1. The number of anilines is 2. The summed E-state index contributed by atoms with van der Waals surface area (Å²) in [5.74, 6) is 0. The second kappa shape index (κ2) is 4.95. The Hall–Kier alpha value is -2.80. The lowest BCUT2D eigenvalue weighted by Crippen LogP contribution is -1.91. The number of hydrogen-bond acceptors (Lipinski definition) is 1. The monoisotopic (exact) mass is 269 g/mol. The summed E-state index contributed by atoms with van der Waals surface area (Å²) in [6.45, 7) is 0. The molecule has 4 aromatic rings. The topological polar surface area (TPSA) is 12.0 Å². The van der Waals surface area contributed by atoms with Gasteiger partial charge in [0.2, 0.25) is 0 Å². The molecule has 1 N–H and O–H groups in total. The lowest BCUT2D eigenvalue weighted by atomic mass is 10.0. The van der Waals surface area contributed by atoms with Crippen molar-refractivity contribution >= 4 is 32.9 Å². The molecular weight excluding hydrogens is 254 g/mol. The maximum Gasteiger partial charge on any atom is 0.0464 e. The van der Waals surface area contributed by atoms with Crippen molar-refractivity contribution in [1.82, 2.24) is 0 Å². The molecular formula is C20H15N. The summed E-state index contributed by atoms with van der Waals surface area (Å²) < 4.78 is 0. The van der Waals surface area contributed by atoms with E-state index in [2.05, 4.69) is 72.0 Å². The number of benzene rings is 4. The highest BCUT2D eigenvalue weighted by atomic mass is 14.9. The van der Waals surface area contributed by atoms with Gasteiger partial charge in [0, 0.05) is 16.8 Å². The molecule has 0 bridgehead atoms. The highest BCUT2D eigenvalue weighted by Crippen LogP contribution is 2.30. The average molecular weight is 269 g/mol. The van der Waals surface area contributed by atoms with Crippen LogP contribution in [0.2, 0.25) is 0 Å². The van der Waals surface area contributed by atoms with E-state index < -0.39 is 0 Å². The van der Waals surface area contributed by atoms with Gasteiger partial charge in [0.05, 0.1) is 0 Å². The van der Waals surface area contributed by atoms with Crippen molar-refractivity contribution in [3.8, 4) is 0 Å². The summed E-state index contributed by atoms with van der Waals surface area (Å²) in [6.07, 6.45) is 0. The van der Waals surface area contributed by atoms with Crippen LogP contribution in [0, 0.1) is 0 Å². The first kappa shape index (κ1) is 12.0. The van der Waals surface area contributed by atoms with E-state index >= 15 is 0 Å². The summed E-state index contributed by atoms with van der Waals surface area (Å²) in [7, 11) is 0. The third kappa shape index (κ3) is 2.23. The Bertz CT molecular complexity index is 910. The van der Waals surface area contributed by atoms with Gasteiger partial charge in [-0.3, -0.25) is 0 Å². The predicted octanol–water partition coefficient (Wildman–Crippen LogP) is 5.74. The first-order valence-corrected chi connectivity index (χ1v) is 7.14. The summed E-state index contributed by atoms with van der Waals surface area (Å²) in [4.78, 5) is 0. The third-order valence-corrected chi connectivity index (χ3v) is 3.80. The zero-order chi connectivity index (χ0) is 14.1. The highest BCUT2D eigenvalue weighted by molar-refractivity contribution is 6.04. The van der Waals surface area contributed by atoms with Crippen molar-refractivity contribution in [3.63, 3.8) is 0 Å². The Morgan fingerprint density at radius 1 is 0.524 bits per heavy atom. The molecule has 0 atom stereocenters. The normalized spacial score (nSPS) is 10.9. The van der Waals surface area contributed by atoms with Crippen LogP contribution in [0.5, 0.6) is 0 Å². The van der Waals surface area contributed by atoms with Crippen molar-refractivity contribution in [2.24, 2.45) is 0 Å². The minimum absolute atomic E-state index is 1.11. The summed E-state index contributed by atoms with van der Waals surface area (Å²) in [6, 6.07) is 29.7. The molecule has 1 nitrogen and oxygen atoms in total. The highest BCUT2D eigenvalue weighted by Gasteiger charge is 2.03. The SMILES string of the molecule is c1ccc(Nc2cccc3cc4ccccc4cc23)cc1. The lowest BCUT2D eigenvalue weighted by molar-refractivity contribution is 1.58. The average Bonchev–Trinajstić information content (AvgIpc) is 2.54. The minimum atomic E-state index is 1.11. The van der Waals surface area contributed by atoms with Gasteiger partial charge in [-0.1, -0.05) is 54.6 Å². The van der Waals surface area contributed by atoms with Gasteiger partial charge in [-0.25, -0.2) is 0 Å². The van der Waals surface area contributed by atoms with Gasteiger partial charge >= 0.3 is 0 Å². The van der Waals surface area contributed by atoms with Crippen LogP contribution in [-0.4, -0.2) is 0 Å². The Morgan fingerprint density at radius 3 is 2.00 bits per heavy atom. The minimum Gasteiger partial charge on any atom is -0.355 e. The molecule has 0 spiro atoms. The molecule has 1 heteroatoms. The largest absolute Gasteiger partial charge is 0.355 e. The van der Waals surface area contributed by atoms with E-state index in [0.29, 0.717) is 0 Å². The van der Waals surface area contributed by atoms with E-state index in [0.717, 1.165) is 11.4 Å². The van der Waals surface area contributed by atoms with E-state index in [1.165, 1.54) is 21.5 Å². The third-order valence-electron chi connectivity index (χ3n) is 3.80. The van der Waals surface area contributed by atoms with Crippen LogP contribution in [0.15, 0.2) is 84.9 Å². The van der Waals surface area contributed by atoms with E-state index in [-0.39, 0.29) is 0 Å². The molecule has 4 aromatic carbocycles. The van der Waals surface area contributed by atoms with Gasteiger partial charge in [0.1, 0.15) is 0 Å². The fourth-order valence-electron chi connectivity index (χ4n) is 2.75. The number of rotatable bonds is 2. The number of fused-ring (bicyclic) bond motifs is 2. The molecule has 0 amide bonds. The quantitative estimate of drug-likeness (QED) is 0.458. The second-order valence-corrected chi connectivity index (χ2v) is 5.22. The molecule has 0 aromatic heterocycles. The van der Waals surface area contributed by atoms with E-state index in [1.54, 1.807) is 0 Å². The number of nitrogens with one attached hydrogen (secondary N) is 1. The molecule has 0 heterocycles. The molecule has 21 heavy (non-hydrogen) atoms. The van der Waals surface area contributed by atoms with E-state index in [4.69, 9.17) is 0 Å². The Balaban J connectivity index is 1.90. The van der Waals surface area contributed by atoms with Crippen molar-refractivity contribution in [3.05, 3.63) is 84.9 Å². The maximum absolute atomic E-state index is 3.51. The number of para-hydroxylation sites is 1. The van der Waals surface area contributed by atoms with Crippen LogP contribution in [0.1, 0.15) is 0 Å². The van der Waals surface area contributed by atoms with Crippen molar-refractivity contribution in [1.29, 1.82) is 0 Å². The zero-order valence-electron chi connectivity index (χ0n) is 11.6. The molecule has 0 aliphatic rings. The van der Waals surface area contributed by atoms with E-state index in [1.807, 2.05) is 18.2 Å². The Kier molecular flexibility index (Phi) is 2.82. The van der Waals surface area contributed by atoms with Crippen molar-refractivity contribution in [2.75, 3.05) is 5.32 Å². The molecule has 0 radical (unpaired) electrons. The maximum atomic E-state index is 3.51. The molecule has 100 valence electrons. The molecule has 0 unspecified atom stereocenters. The van der Waals surface area contributed by atoms with Crippen LogP contribution in [0.3, 0.4) is 0 Å². The van der Waals surface area contributed by atoms with Gasteiger partial charge in [-0.15, -0.1) is 0 Å². The van der Waals surface area contributed by atoms with Crippen LogP contribution in [0.4, 0.5) is 11.4 Å². The summed E-state index contributed by atoms with van der Waals surface area (Å²) >= 11 is 0. The molecule has 0 aliphatic carbocycles. The standard InChI is InChI=1S/C20H15N/c1-2-10-18(11-3-1)21-20-12-6-9-17-13-15-7-4-5-8-16(15)14-19(17)20/h1-14,21H. The van der Waals surface area contributed by atoms with Crippen LogP contribution >= 0.6 is 0 Å². The lowest BCUT2D eigenvalue weighted by Gasteiger charge is -2.11. The fraction of sp³-hybridized carbons (Fsp3) is 0. The first-order chi connectivity index (χ1) is 10.4. The van der Waals surface area contributed by atoms with Crippen LogP contribution in [0.25, 0.3) is 21.5 Å². The van der Waals surface area contributed by atoms with Gasteiger partial charge in [-0.2, -0.15) is 0 Å². The molecule has 0 aliphatic heterocycles. The predicted molar refractivity (Wildman–Crippen MR) is 91.2 cm³/mol. The Labute approximate surface area is 123 Å². The second-order valence-electron chi connectivity index (χ2n) is 5.22. The van der Waals surface area contributed by atoms with Gasteiger partial charge in [0.25, 0.3) is 0 Å². The Morgan fingerprint density at radius 2 is 1.19 bits per heavy atom.